The van der Waals surface area contributed by atoms with E-state index in [1.54, 1.807) is 53.9 Å². The zero-order valence-corrected chi connectivity index (χ0v) is 17.6. The molecular formula is C21H18FN3O3S2. The SMILES string of the molecule is CS(=O)(=O)Nc1ccccc1C1=NN(C(=O)c2cccs2)[C@@H](c2cccc(F)c2)C1. The Morgan fingerprint density at radius 2 is 1.97 bits per heavy atom. The Hall–Kier alpha value is -3.04. The lowest BCUT2D eigenvalue weighted by molar-refractivity contribution is 0.0716. The molecule has 1 aromatic heterocycles. The summed E-state index contributed by atoms with van der Waals surface area (Å²) in [4.78, 5) is 13.6. The van der Waals surface area contributed by atoms with Gasteiger partial charge >= 0.3 is 0 Å². The third kappa shape index (κ3) is 4.27. The van der Waals surface area contributed by atoms with Gasteiger partial charge in [0.1, 0.15) is 5.82 Å². The van der Waals surface area contributed by atoms with Crippen LogP contribution < -0.4 is 4.72 Å². The molecule has 0 bridgehead atoms. The van der Waals surface area contributed by atoms with Gasteiger partial charge in [0, 0.05) is 12.0 Å². The smallest absolute Gasteiger partial charge is 0.283 e. The normalized spacial score (nSPS) is 16.4. The molecule has 3 aromatic rings. The van der Waals surface area contributed by atoms with Crippen LogP contribution in [-0.4, -0.2) is 31.3 Å². The monoisotopic (exact) mass is 443 g/mol. The lowest BCUT2D eigenvalue weighted by Gasteiger charge is -2.21. The van der Waals surface area contributed by atoms with E-state index in [2.05, 4.69) is 9.82 Å². The third-order valence-corrected chi connectivity index (χ3v) is 6.07. The van der Waals surface area contributed by atoms with Crippen molar-refractivity contribution >= 4 is 38.7 Å². The van der Waals surface area contributed by atoms with Crippen LogP contribution in [0.3, 0.4) is 0 Å². The van der Waals surface area contributed by atoms with Crippen molar-refractivity contribution < 1.29 is 17.6 Å². The maximum atomic E-state index is 13.9. The molecule has 2 heterocycles. The number of para-hydroxylation sites is 1. The Kier molecular flexibility index (Phi) is 5.40. The molecule has 154 valence electrons. The molecule has 0 saturated heterocycles. The summed E-state index contributed by atoms with van der Waals surface area (Å²) in [5.41, 5.74) is 2.11. The molecule has 4 rings (SSSR count). The first-order valence-corrected chi connectivity index (χ1v) is 11.9. The van der Waals surface area contributed by atoms with Crippen molar-refractivity contribution in [2.45, 2.75) is 12.5 Å². The number of hydrogen-bond acceptors (Lipinski definition) is 5. The summed E-state index contributed by atoms with van der Waals surface area (Å²) in [5, 5.41) is 7.70. The molecule has 30 heavy (non-hydrogen) atoms. The number of anilines is 1. The molecule has 0 fully saturated rings. The maximum absolute atomic E-state index is 13.9. The predicted octanol–water partition coefficient (Wildman–Crippen LogP) is 4.25. The molecule has 9 heteroatoms. The van der Waals surface area contributed by atoms with Crippen molar-refractivity contribution in [2.24, 2.45) is 5.10 Å². The largest absolute Gasteiger partial charge is 0.284 e. The summed E-state index contributed by atoms with van der Waals surface area (Å²) < 4.78 is 39.9. The molecule has 2 aromatic carbocycles. The number of sulfonamides is 1. The van der Waals surface area contributed by atoms with Crippen LogP contribution in [0.25, 0.3) is 0 Å². The number of hydrogen-bond donors (Lipinski definition) is 1. The number of thiophene rings is 1. The minimum atomic E-state index is -3.50. The van der Waals surface area contributed by atoms with Gasteiger partial charge in [0.2, 0.25) is 10.0 Å². The first-order chi connectivity index (χ1) is 14.3. The Labute approximate surface area is 177 Å². The van der Waals surface area contributed by atoms with E-state index in [4.69, 9.17) is 0 Å². The Balaban J connectivity index is 1.77. The van der Waals surface area contributed by atoms with Crippen molar-refractivity contribution in [1.29, 1.82) is 0 Å². The quantitative estimate of drug-likeness (QED) is 0.640. The van der Waals surface area contributed by atoms with Crippen molar-refractivity contribution in [3.63, 3.8) is 0 Å². The van der Waals surface area contributed by atoms with E-state index < -0.39 is 21.9 Å². The highest BCUT2D eigenvalue weighted by molar-refractivity contribution is 7.92. The summed E-state index contributed by atoms with van der Waals surface area (Å²) in [5.74, 6) is -0.688. The summed E-state index contributed by atoms with van der Waals surface area (Å²) in [7, 11) is -3.50. The molecular weight excluding hydrogens is 425 g/mol. The number of halogens is 1. The second-order valence-corrected chi connectivity index (χ2v) is 9.56. The second kappa shape index (κ2) is 8.00. The van der Waals surface area contributed by atoms with E-state index in [9.17, 15) is 17.6 Å². The van der Waals surface area contributed by atoms with Crippen LogP contribution in [0.4, 0.5) is 10.1 Å². The molecule has 0 aliphatic carbocycles. The summed E-state index contributed by atoms with van der Waals surface area (Å²) in [6, 6.07) is 15.9. The van der Waals surface area contributed by atoms with Gasteiger partial charge in [0.15, 0.2) is 0 Å². The highest BCUT2D eigenvalue weighted by atomic mass is 32.2. The number of benzene rings is 2. The Morgan fingerprint density at radius 3 is 2.67 bits per heavy atom. The van der Waals surface area contributed by atoms with E-state index in [1.807, 2.05) is 0 Å². The van der Waals surface area contributed by atoms with Crippen LogP contribution in [-0.2, 0) is 10.0 Å². The average Bonchev–Trinajstić information content (AvgIpc) is 3.37. The Bertz CT molecular complexity index is 1220. The number of nitrogens with zero attached hydrogens (tertiary/aromatic N) is 2. The van der Waals surface area contributed by atoms with E-state index in [0.29, 0.717) is 33.8 Å². The number of carbonyl (C=O) groups excluding carboxylic acids is 1. The van der Waals surface area contributed by atoms with Gasteiger partial charge in [-0.3, -0.25) is 9.52 Å². The van der Waals surface area contributed by atoms with Crippen molar-refractivity contribution in [1.82, 2.24) is 5.01 Å². The van der Waals surface area contributed by atoms with E-state index in [-0.39, 0.29) is 5.91 Å². The van der Waals surface area contributed by atoms with Gasteiger partial charge in [0.05, 0.1) is 28.6 Å². The van der Waals surface area contributed by atoms with Gasteiger partial charge in [0.25, 0.3) is 5.91 Å². The van der Waals surface area contributed by atoms with E-state index in [1.165, 1.54) is 28.5 Å². The van der Waals surface area contributed by atoms with Crippen molar-refractivity contribution in [2.75, 3.05) is 11.0 Å². The van der Waals surface area contributed by atoms with Crippen LogP contribution in [0.2, 0.25) is 0 Å². The first kappa shape index (κ1) is 20.2. The lowest BCUT2D eigenvalue weighted by Crippen LogP contribution is -2.26. The topological polar surface area (TPSA) is 78.8 Å². The lowest BCUT2D eigenvalue weighted by atomic mass is 9.97. The van der Waals surface area contributed by atoms with Gasteiger partial charge < -0.3 is 0 Å². The Morgan fingerprint density at radius 1 is 1.17 bits per heavy atom. The zero-order chi connectivity index (χ0) is 21.3. The van der Waals surface area contributed by atoms with Crippen LogP contribution >= 0.6 is 11.3 Å². The molecule has 0 saturated carbocycles. The summed E-state index contributed by atoms with van der Waals surface area (Å²) >= 11 is 1.30. The fraction of sp³-hybridized carbons (Fsp3) is 0.143. The van der Waals surface area contributed by atoms with Gasteiger partial charge in [-0.15, -0.1) is 11.3 Å². The van der Waals surface area contributed by atoms with Crippen LogP contribution in [0.1, 0.15) is 33.3 Å². The molecule has 0 spiro atoms. The number of nitrogens with one attached hydrogen (secondary N) is 1. The zero-order valence-electron chi connectivity index (χ0n) is 15.9. The number of amides is 1. The number of rotatable bonds is 5. The molecule has 0 radical (unpaired) electrons. The third-order valence-electron chi connectivity index (χ3n) is 4.62. The fourth-order valence-corrected chi connectivity index (χ4v) is 4.60. The van der Waals surface area contributed by atoms with Gasteiger partial charge in [-0.2, -0.15) is 5.10 Å². The summed E-state index contributed by atoms with van der Waals surface area (Å²) in [6.45, 7) is 0. The highest BCUT2D eigenvalue weighted by Gasteiger charge is 2.35. The van der Waals surface area contributed by atoms with E-state index >= 15 is 0 Å². The number of carbonyl (C=O) groups is 1. The molecule has 1 aliphatic heterocycles. The fourth-order valence-electron chi connectivity index (χ4n) is 3.37. The molecule has 1 atom stereocenters. The molecule has 1 amide bonds. The minimum Gasteiger partial charge on any atom is -0.283 e. The van der Waals surface area contributed by atoms with Gasteiger partial charge in [-0.05, 0) is 35.2 Å². The minimum absolute atomic E-state index is 0.289. The molecule has 0 unspecified atom stereocenters. The van der Waals surface area contributed by atoms with Gasteiger partial charge in [-0.25, -0.2) is 17.8 Å². The molecule has 1 aliphatic rings. The number of hydrazone groups is 1. The van der Waals surface area contributed by atoms with Crippen LogP contribution in [0.5, 0.6) is 0 Å². The van der Waals surface area contributed by atoms with E-state index in [0.717, 1.165) is 6.26 Å². The van der Waals surface area contributed by atoms with Gasteiger partial charge in [-0.1, -0.05) is 36.4 Å². The highest BCUT2D eigenvalue weighted by Crippen LogP contribution is 2.36. The van der Waals surface area contributed by atoms with Crippen LogP contribution in [0, 0.1) is 5.82 Å². The van der Waals surface area contributed by atoms with Crippen LogP contribution in [0.15, 0.2) is 71.1 Å². The van der Waals surface area contributed by atoms with Crippen molar-refractivity contribution in [3.05, 3.63) is 87.9 Å². The molecule has 1 N–H and O–H groups in total. The standard InChI is InChI=1S/C21H18FN3O3S2/c1-30(27,28)24-17-9-3-2-8-16(17)18-13-19(14-6-4-7-15(22)12-14)25(23-18)21(26)20-10-5-11-29-20/h2-12,19,24H,13H2,1H3/t19-/m1/s1. The van der Waals surface area contributed by atoms with Crippen molar-refractivity contribution in [3.8, 4) is 0 Å². The first-order valence-electron chi connectivity index (χ1n) is 9.09. The summed E-state index contributed by atoms with van der Waals surface area (Å²) in [6.07, 6.45) is 1.39. The average molecular weight is 444 g/mol. The molecule has 6 nitrogen and oxygen atoms in total. The maximum Gasteiger partial charge on any atom is 0.284 e. The predicted molar refractivity (Wildman–Crippen MR) is 116 cm³/mol. The second-order valence-electron chi connectivity index (χ2n) is 6.87.